The van der Waals surface area contributed by atoms with E-state index >= 15 is 0 Å². The topological polar surface area (TPSA) is 61.8 Å². The van der Waals surface area contributed by atoms with Gasteiger partial charge in [0.2, 0.25) is 0 Å². The first-order valence-corrected chi connectivity index (χ1v) is 9.48. The van der Waals surface area contributed by atoms with E-state index in [4.69, 9.17) is 0 Å². The van der Waals surface area contributed by atoms with Crippen molar-refractivity contribution in [1.82, 2.24) is 18.9 Å². The minimum atomic E-state index is -0.436. The minimum absolute atomic E-state index is 0.151. The van der Waals surface area contributed by atoms with Crippen LogP contribution < -0.4 is 11.2 Å². The fourth-order valence-electron chi connectivity index (χ4n) is 3.66. The Morgan fingerprint density at radius 2 is 1.59 bits per heavy atom. The van der Waals surface area contributed by atoms with Gasteiger partial charge in [-0.3, -0.25) is 18.6 Å². The molecule has 0 N–H and O–H groups in total. The lowest BCUT2D eigenvalue weighted by molar-refractivity contribution is 0.611. The van der Waals surface area contributed by atoms with Gasteiger partial charge in [-0.05, 0) is 37.1 Å². The summed E-state index contributed by atoms with van der Waals surface area (Å²) in [6.45, 7) is 4.49. The molecule has 0 radical (unpaired) electrons. The molecule has 29 heavy (non-hydrogen) atoms. The third kappa shape index (κ3) is 3.40. The van der Waals surface area contributed by atoms with Gasteiger partial charge in [-0.1, -0.05) is 42.5 Å². The average Bonchev–Trinajstić information content (AvgIpc) is 3.06. The Hall–Kier alpha value is -3.48. The predicted molar refractivity (Wildman–Crippen MR) is 110 cm³/mol. The van der Waals surface area contributed by atoms with Crippen LogP contribution in [0.5, 0.6) is 0 Å². The molecule has 0 atom stereocenters. The maximum absolute atomic E-state index is 13.7. The molecule has 2 aromatic heterocycles. The van der Waals surface area contributed by atoms with Gasteiger partial charge in [0.15, 0.2) is 5.52 Å². The van der Waals surface area contributed by atoms with Gasteiger partial charge in [-0.25, -0.2) is 9.18 Å². The number of nitrogens with zero attached hydrogens (tertiary/aromatic N) is 4. The van der Waals surface area contributed by atoms with Gasteiger partial charge < -0.3 is 0 Å². The maximum atomic E-state index is 13.7. The second-order valence-electron chi connectivity index (χ2n) is 6.97. The number of fused-ring (bicyclic) bond motifs is 1. The zero-order valence-electron chi connectivity index (χ0n) is 16.3. The third-order valence-electron chi connectivity index (χ3n) is 4.99. The van der Waals surface area contributed by atoms with Gasteiger partial charge in [0.1, 0.15) is 5.82 Å². The summed E-state index contributed by atoms with van der Waals surface area (Å²) in [4.78, 5) is 26.6. The zero-order chi connectivity index (χ0) is 20.5. The van der Waals surface area contributed by atoms with Crippen molar-refractivity contribution in [1.29, 1.82) is 0 Å². The summed E-state index contributed by atoms with van der Waals surface area (Å²) >= 11 is 0. The average molecular weight is 392 g/mol. The molecule has 6 nitrogen and oxygen atoms in total. The number of hydrogen-bond donors (Lipinski definition) is 0. The minimum Gasteiger partial charge on any atom is -0.285 e. The molecule has 0 amide bonds. The highest BCUT2D eigenvalue weighted by molar-refractivity contribution is 5.77. The Morgan fingerprint density at radius 3 is 2.28 bits per heavy atom. The Labute approximate surface area is 166 Å². The van der Waals surface area contributed by atoms with Gasteiger partial charge in [0, 0.05) is 6.54 Å². The van der Waals surface area contributed by atoms with E-state index in [0.717, 1.165) is 5.56 Å². The van der Waals surface area contributed by atoms with Crippen molar-refractivity contribution < 1.29 is 4.39 Å². The summed E-state index contributed by atoms with van der Waals surface area (Å²) in [5, 5.41) is 4.45. The van der Waals surface area contributed by atoms with Gasteiger partial charge in [0.25, 0.3) is 5.56 Å². The highest BCUT2D eigenvalue weighted by Gasteiger charge is 2.20. The van der Waals surface area contributed by atoms with Crippen molar-refractivity contribution in [2.75, 3.05) is 0 Å². The molecule has 4 rings (SSSR count). The van der Waals surface area contributed by atoms with Crippen LogP contribution in [0.3, 0.4) is 0 Å². The van der Waals surface area contributed by atoms with Crippen molar-refractivity contribution in [3.05, 3.63) is 98.1 Å². The van der Waals surface area contributed by atoms with E-state index in [1.807, 2.05) is 37.3 Å². The molecule has 0 unspecified atom stereocenters. The fourth-order valence-corrected chi connectivity index (χ4v) is 3.66. The molecule has 148 valence electrons. The van der Waals surface area contributed by atoms with E-state index in [1.165, 1.54) is 21.3 Å². The summed E-state index contributed by atoms with van der Waals surface area (Å²) < 4.78 is 18.1. The summed E-state index contributed by atoms with van der Waals surface area (Å²) in [5.41, 5.74) is 2.16. The SMILES string of the molecule is CCn1nc(C)c2c1c(=O)n(Cc1ccccc1)c(=O)n2Cc1cccc(F)c1. The largest absolute Gasteiger partial charge is 0.332 e. The van der Waals surface area contributed by atoms with Gasteiger partial charge in [-0.15, -0.1) is 0 Å². The molecule has 0 bridgehead atoms. The Balaban J connectivity index is 1.99. The molecular weight excluding hydrogens is 371 g/mol. The molecule has 0 saturated heterocycles. The van der Waals surface area contributed by atoms with Crippen molar-refractivity contribution in [3.8, 4) is 0 Å². The molecular formula is C22H21FN4O2. The normalized spacial score (nSPS) is 11.3. The Bertz CT molecular complexity index is 1300. The van der Waals surface area contributed by atoms with Crippen LogP contribution in [0.4, 0.5) is 4.39 Å². The first-order valence-electron chi connectivity index (χ1n) is 9.48. The summed E-state index contributed by atoms with van der Waals surface area (Å²) in [7, 11) is 0. The van der Waals surface area contributed by atoms with Crippen molar-refractivity contribution in [3.63, 3.8) is 0 Å². The number of hydrogen-bond acceptors (Lipinski definition) is 3. The monoisotopic (exact) mass is 392 g/mol. The zero-order valence-corrected chi connectivity index (χ0v) is 16.3. The lowest BCUT2D eigenvalue weighted by Crippen LogP contribution is -2.41. The molecule has 2 heterocycles. The second-order valence-corrected chi connectivity index (χ2v) is 6.97. The van der Waals surface area contributed by atoms with Crippen LogP contribution in [0.2, 0.25) is 0 Å². The van der Waals surface area contributed by atoms with E-state index in [-0.39, 0.29) is 24.5 Å². The number of aryl methyl sites for hydroxylation is 2. The van der Waals surface area contributed by atoms with E-state index in [2.05, 4.69) is 5.10 Å². The Kier molecular flexibility index (Phi) is 4.88. The van der Waals surface area contributed by atoms with Crippen LogP contribution in [-0.2, 0) is 19.6 Å². The van der Waals surface area contributed by atoms with Gasteiger partial charge >= 0.3 is 5.69 Å². The molecule has 0 saturated carbocycles. The smallest absolute Gasteiger partial charge is 0.285 e. The molecule has 0 aliphatic heterocycles. The van der Waals surface area contributed by atoms with Crippen LogP contribution in [-0.4, -0.2) is 18.9 Å². The van der Waals surface area contributed by atoms with Crippen LogP contribution in [0.25, 0.3) is 11.0 Å². The number of benzene rings is 2. The van der Waals surface area contributed by atoms with E-state index < -0.39 is 5.69 Å². The summed E-state index contributed by atoms with van der Waals surface area (Å²) in [6, 6.07) is 15.5. The molecule has 0 aliphatic carbocycles. The molecule has 7 heteroatoms. The number of aromatic nitrogens is 4. The van der Waals surface area contributed by atoms with Gasteiger partial charge in [0.05, 0.1) is 24.3 Å². The lowest BCUT2D eigenvalue weighted by atomic mass is 10.2. The third-order valence-corrected chi connectivity index (χ3v) is 4.99. The van der Waals surface area contributed by atoms with Crippen LogP contribution >= 0.6 is 0 Å². The van der Waals surface area contributed by atoms with Crippen molar-refractivity contribution >= 4 is 11.0 Å². The first-order chi connectivity index (χ1) is 14.0. The van der Waals surface area contributed by atoms with Crippen LogP contribution in [0.15, 0.2) is 64.2 Å². The standard InChI is InChI=1S/C22H21FN4O2/c1-3-27-20-19(15(2)24-27)25(14-17-10-7-11-18(23)12-17)22(29)26(21(20)28)13-16-8-5-4-6-9-16/h4-12H,3,13-14H2,1-2H3. The highest BCUT2D eigenvalue weighted by Crippen LogP contribution is 2.16. The van der Waals surface area contributed by atoms with E-state index in [0.29, 0.717) is 28.8 Å². The lowest BCUT2D eigenvalue weighted by Gasteiger charge is -2.13. The number of halogens is 1. The summed E-state index contributed by atoms with van der Waals surface area (Å²) in [5.74, 6) is -0.370. The Morgan fingerprint density at radius 1 is 0.897 bits per heavy atom. The fraction of sp³-hybridized carbons (Fsp3) is 0.227. The predicted octanol–water partition coefficient (Wildman–Crippen LogP) is 2.92. The summed E-state index contributed by atoms with van der Waals surface area (Å²) in [6.07, 6.45) is 0. The van der Waals surface area contributed by atoms with Crippen molar-refractivity contribution in [2.24, 2.45) is 0 Å². The second kappa shape index (κ2) is 7.50. The van der Waals surface area contributed by atoms with E-state index in [9.17, 15) is 14.0 Å². The molecule has 0 fully saturated rings. The van der Waals surface area contributed by atoms with Crippen LogP contribution in [0, 0.1) is 12.7 Å². The molecule has 2 aromatic carbocycles. The molecule has 4 aromatic rings. The van der Waals surface area contributed by atoms with E-state index in [1.54, 1.807) is 23.7 Å². The van der Waals surface area contributed by atoms with Gasteiger partial charge in [-0.2, -0.15) is 5.10 Å². The first kappa shape index (κ1) is 18.9. The molecule has 0 aliphatic rings. The highest BCUT2D eigenvalue weighted by atomic mass is 19.1. The maximum Gasteiger partial charge on any atom is 0.332 e. The van der Waals surface area contributed by atoms with Crippen molar-refractivity contribution in [2.45, 2.75) is 33.5 Å². The quantitative estimate of drug-likeness (QED) is 0.525. The molecule has 0 spiro atoms. The number of rotatable bonds is 5. The van der Waals surface area contributed by atoms with Crippen LogP contribution in [0.1, 0.15) is 23.7 Å².